The zero-order valence-electron chi connectivity index (χ0n) is 12.8. The van der Waals surface area contributed by atoms with Gasteiger partial charge in [0.1, 0.15) is 12.1 Å². The van der Waals surface area contributed by atoms with Crippen LogP contribution in [0, 0.1) is 5.92 Å². The number of aryl methyl sites for hydroxylation is 1. The molecular formula is C14H22N8. The van der Waals surface area contributed by atoms with Crippen molar-refractivity contribution in [3.8, 4) is 0 Å². The van der Waals surface area contributed by atoms with E-state index in [9.17, 15) is 0 Å². The number of nitrogens with one attached hydrogen (secondary N) is 2. The molecule has 0 spiro atoms. The predicted octanol–water partition coefficient (Wildman–Crippen LogP) is 0.480. The number of aliphatic imine (C=N–C) groups is 1. The van der Waals surface area contributed by atoms with Gasteiger partial charge in [-0.3, -0.25) is 9.67 Å². The molecule has 1 fully saturated rings. The Morgan fingerprint density at radius 3 is 3.05 bits per heavy atom. The van der Waals surface area contributed by atoms with Gasteiger partial charge in [-0.1, -0.05) is 6.42 Å². The highest BCUT2D eigenvalue weighted by Crippen LogP contribution is 2.26. The van der Waals surface area contributed by atoms with E-state index in [1.54, 1.807) is 10.9 Å². The minimum atomic E-state index is 0.517. The number of hydrogen-bond acceptors (Lipinski definition) is 5. The fourth-order valence-corrected chi connectivity index (χ4v) is 2.43. The Morgan fingerprint density at radius 1 is 1.41 bits per heavy atom. The first-order valence-electron chi connectivity index (χ1n) is 7.64. The van der Waals surface area contributed by atoms with Gasteiger partial charge in [0.2, 0.25) is 0 Å². The van der Waals surface area contributed by atoms with Crippen LogP contribution in [-0.2, 0) is 7.05 Å². The summed E-state index contributed by atoms with van der Waals surface area (Å²) in [6.45, 7) is 2.22. The van der Waals surface area contributed by atoms with E-state index in [2.05, 4.69) is 30.7 Å². The van der Waals surface area contributed by atoms with Gasteiger partial charge in [0.05, 0.1) is 11.6 Å². The molecule has 0 atom stereocenters. The van der Waals surface area contributed by atoms with Gasteiger partial charge in [0.15, 0.2) is 11.6 Å². The molecule has 0 aromatic carbocycles. The van der Waals surface area contributed by atoms with Gasteiger partial charge < -0.3 is 16.4 Å². The Balaban J connectivity index is 1.46. The summed E-state index contributed by atoms with van der Waals surface area (Å²) in [4.78, 5) is 12.8. The van der Waals surface area contributed by atoms with Crippen molar-refractivity contribution < 1.29 is 0 Å². The second kappa shape index (κ2) is 6.59. The van der Waals surface area contributed by atoms with Gasteiger partial charge in [-0.05, 0) is 18.8 Å². The van der Waals surface area contributed by atoms with Crippen LogP contribution in [0.25, 0.3) is 11.0 Å². The normalized spacial score (nSPS) is 15.8. The molecule has 8 nitrogen and oxygen atoms in total. The molecule has 1 aliphatic rings. The molecule has 2 heterocycles. The Kier molecular flexibility index (Phi) is 4.36. The second-order valence-electron chi connectivity index (χ2n) is 5.60. The summed E-state index contributed by atoms with van der Waals surface area (Å²) in [5.41, 5.74) is 6.66. The molecule has 0 bridgehead atoms. The molecule has 1 aliphatic carbocycles. The number of aromatic nitrogens is 4. The van der Waals surface area contributed by atoms with Gasteiger partial charge in [-0.25, -0.2) is 9.97 Å². The van der Waals surface area contributed by atoms with E-state index in [4.69, 9.17) is 5.73 Å². The van der Waals surface area contributed by atoms with Crippen LogP contribution in [0.3, 0.4) is 0 Å². The maximum Gasteiger partial charge on any atom is 0.188 e. The molecule has 2 aromatic heterocycles. The first-order chi connectivity index (χ1) is 10.7. The lowest BCUT2D eigenvalue weighted by atomic mass is 9.86. The van der Waals surface area contributed by atoms with Crippen LogP contribution in [0.15, 0.2) is 17.5 Å². The van der Waals surface area contributed by atoms with E-state index >= 15 is 0 Å². The van der Waals surface area contributed by atoms with E-state index in [-0.39, 0.29) is 0 Å². The van der Waals surface area contributed by atoms with Crippen LogP contribution in [0.2, 0.25) is 0 Å². The molecule has 0 unspecified atom stereocenters. The number of fused-ring (bicyclic) bond motifs is 1. The Bertz CT molecular complexity index is 658. The molecule has 2 aromatic rings. The average Bonchev–Trinajstić information content (AvgIpc) is 2.84. The maximum absolute atomic E-state index is 5.85. The Morgan fingerprint density at radius 2 is 2.27 bits per heavy atom. The summed E-state index contributed by atoms with van der Waals surface area (Å²) < 4.78 is 1.73. The first-order valence-corrected chi connectivity index (χ1v) is 7.64. The van der Waals surface area contributed by atoms with E-state index < -0.39 is 0 Å². The Labute approximate surface area is 129 Å². The summed E-state index contributed by atoms with van der Waals surface area (Å²) in [6.07, 6.45) is 7.20. The standard InChI is InChI=1S/C14H22N8/c1-22-13-11(8-21-22)12(19-9-20-13)16-5-6-17-14(15)18-7-10-3-2-4-10/h8-10H,2-7H2,1H3,(H3,15,17,18)(H,16,19,20). The van der Waals surface area contributed by atoms with E-state index in [1.807, 2.05) is 7.05 Å². The fraction of sp³-hybridized carbons (Fsp3) is 0.571. The van der Waals surface area contributed by atoms with Crippen molar-refractivity contribution in [2.45, 2.75) is 19.3 Å². The number of anilines is 1. The molecule has 1 saturated carbocycles. The first kappa shape index (κ1) is 14.6. The second-order valence-corrected chi connectivity index (χ2v) is 5.60. The van der Waals surface area contributed by atoms with Crippen LogP contribution in [0.1, 0.15) is 19.3 Å². The van der Waals surface area contributed by atoms with Gasteiger partial charge in [0.25, 0.3) is 0 Å². The summed E-state index contributed by atoms with van der Waals surface area (Å²) in [6, 6.07) is 0. The van der Waals surface area contributed by atoms with Crippen LogP contribution in [-0.4, -0.2) is 45.3 Å². The predicted molar refractivity (Wildman–Crippen MR) is 86.6 cm³/mol. The molecule has 0 aliphatic heterocycles. The molecule has 0 radical (unpaired) electrons. The number of rotatable bonds is 6. The SMILES string of the molecule is Cn1ncc2c(NCCNC(N)=NCC3CCC3)ncnc21. The highest BCUT2D eigenvalue weighted by Gasteiger charge is 2.16. The van der Waals surface area contributed by atoms with Crippen molar-refractivity contribution in [1.82, 2.24) is 25.1 Å². The zero-order valence-corrected chi connectivity index (χ0v) is 12.8. The average molecular weight is 302 g/mol. The topological polar surface area (TPSA) is 106 Å². The minimum absolute atomic E-state index is 0.517. The van der Waals surface area contributed by atoms with Gasteiger partial charge in [-0.2, -0.15) is 5.10 Å². The molecule has 0 amide bonds. The van der Waals surface area contributed by atoms with Crippen molar-refractivity contribution in [2.75, 3.05) is 25.0 Å². The monoisotopic (exact) mass is 302 g/mol. The summed E-state index contributed by atoms with van der Waals surface area (Å²) in [7, 11) is 1.86. The van der Waals surface area contributed by atoms with Crippen LogP contribution in [0.4, 0.5) is 5.82 Å². The third kappa shape index (κ3) is 3.26. The van der Waals surface area contributed by atoms with Crippen LogP contribution >= 0.6 is 0 Å². The van der Waals surface area contributed by atoms with Crippen LogP contribution in [0.5, 0.6) is 0 Å². The number of guanidine groups is 1. The van der Waals surface area contributed by atoms with Crippen molar-refractivity contribution in [3.63, 3.8) is 0 Å². The van der Waals surface area contributed by atoms with Gasteiger partial charge in [0, 0.05) is 26.7 Å². The molecular weight excluding hydrogens is 280 g/mol. The maximum atomic E-state index is 5.85. The van der Waals surface area contributed by atoms with Crippen molar-refractivity contribution >= 4 is 22.8 Å². The van der Waals surface area contributed by atoms with Crippen molar-refractivity contribution in [2.24, 2.45) is 23.7 Å². The lowest BCUT2D eigenvalue weighted by Gasteiger charge is -2.23. The smallest absolute Gasteiger partial charge is 0.188 e. The van der Waals surface area contributed by atoms with E-state index in [1.165, 1.54) is 25.6 Å². The lowest BCUT2D eigenvalue weighted by molar-refractivity contribution is 0.326. The van der Waals surface area contributed by atoms with Gasteiger partial charge >= 0.3 is 0 Å². The van der Waals surface area contributed by atoms with Crippen molar-refractivity contribution in [1.29, 1.82) is 0 Å². The number of nitrogens with zero attached hydrogens (tertiary/aromatic N) is 5. The van der Waals surface area contributed by atoms with Crippen molar-refractivity contribution in [3.05, 3.63) is 12.5 Å². The summed E-state index contributed by atoms with van der Waals surface area (Å²) in [5, 5.41) is 11.5. The summed E-state index contributed by atoms with van der Waals surface area (Å²) >= 11 is 0. The lowest BCUT2D eigenvalue weighted by Crippen LogP contribution is -2.35. The van der Waals surface area contributed by atoms with Crippen LogP contribution < -0.4 is 16.4 Å². The third-order valence-electron chi connectivity index (χ3n) is 4.00. The molecule has 118 valence electrons. The molecule has 8 heteroatoms. The Hall–Kier alpha value is -2.38. The molecule has 3 rings (SSSR count). The minimum Gasteiger partial charge on any atom is -0.370 e. The number of hydrogen-bond donors (Lipinski definition) is 3. The largest absolute Gasteiger partial charge is 0.370 e. The molecule has 4 N–H and O–H groups in total. The van der Waals surface area contributed by atoms with Gasteiger partial charge in [-0.15, -0.1) is 0 Å². The molecule has 0 saturated heterocycles. The van der Waals surface area contributed by atoms with E-state index in [0.29, 0.717) is 19.0 Å². The zero-order chi connectivity index (χ0) is 15.4. The summed E-state index contributed by atoms with van der Waals surface area (Å²) in [5.74, 6) is 2.03. The van der Waals surface area contributed by atoms with E-state index in [0.717, 1.165) is 29.3 Å². The highest BCUT2D eigenvalue weighted by atomic mass is 15.3. The highest BCUT2D eigenvalue weighted by molar-refractivity contribution is 5.86. The molecule has 22 heavy (non-hydrogen) atoms. The fourth-order valence-electron chi connectivity index (χ4n) is 2.43. The quantitative estimate of drug-likeness (QED) is 0.407. The number of nitrogens with two attached hydrogens (primary N) is 1. The third-order valence-corrected chi connectivity index (χ3v) is 4.00.